The molecule has 0 radical (unpaired) electrons. The second-order valence-corrected chi connectivity index (χ2v) is 4.64. The van der Waals surface area contributed by atoms with Crippen molar-refractivity contribution in [1.29, 1.82) is 0 Å². The van der Waals surface area contributed by atoms with Crippen LogP contribution in [0.25, 0.3) is 11.3 Å². The highest BCUT2D eigenvalue weighted by atomic mass is 16.3. The summed E-state index contributed by atoms with van der Waals surface area (Å²) in [6, 6.07) is 8.21. The highest BCUT2D eigenvalue weighted by molar-refractivity contribution is 5.70. The molecule has 0 bridgehead atoms. The third-order valence-electron chi connectivity index (χ3n) is 3.01. The van der Waals surface area contributed by atoms with Gasteiger partial charge in [-0.3, -0.25) is 4.68 Å². The van der Waals surface area contributed by atoms with Crippen LogP contribution in [-0.4, -0.2) is 14.9 Å². The number of hydrogen-bond donors (Lipinski definition) is 1. The second-order valence-electron chi connectivity index (χ2n) is 4.64. The molecule has 1 aromatic heterocycles. The molecule has 2 aromatic rings. The van der Waals surface area contributed by atoms with Crippen molar-refractivity contribution in [3.8, 4) is 17.0 Å². The molecule has 1 aromatic carbocycles. The van der Waals surface area contributed by atoms with Gasteiger partial charge in [0.25, 0.3) is 0 Å². The summed E-state index contributed by atoms with van der Waals surface area (Å²) in [6.07, 6.45) is 0. The van der Waals surface area contributed by atoms with Crippen molar-refractivity contribution in [2.45, 2.75) is 33.7 Å². The molecule has 2 rings (SSSR count). The van der Waals surface area contributed by atoms with Gasteiger partial charge < -0.3 is 5.11 Å². The number of aromatic nitrogens is 2. The van der Waals surface area contributed by atoms with Gasteiger partial charge in [0.05, 0.1) is 5.69 Å². The zero-order valence-electron chi connectivity index (χ0n) is 10.7. The predicted octanol–water partition coefficient (Wildman–Crippen LogP) is 3.45. The maximum absolute atomic E-state index is 10.2. The first kappa shape index (κ1) is 11.7. The van der Waals surface area contributed by atoms with E-state index in [-0.39, 0.29) is 11.8 Å². The molecule has 1 N–H and O–H groups in total. The first-order valence-corrected chi connectivity index (χ1v) is 5.86. The first-order valence-electron chi connectivity index (χ1n) is 5.86. The zero-order chi connectivity index (χ0) is 12.6. The predicted molar refractivity (Wildman–Crippen MR) is 69.2 cm³/mol. The largest absolute Gasteiger partial charge is 0.504 e. The van der Waals surface area contributed by atoms with Crippen LogP contribution in [-0.2, 0) is 0 Å². The van der Waals surface area contributed by atoms with E-state index in [9.17, 15) is 5.11 Å². The molecule has 3 nitrogen and oxygen atoms in total. The van der Waals surface area contributed by atoms with E-state index in [1.54, 1.807) is 0 Å². The number of aromatic hydroxyl groups is 1. The molecule has 0 aliphatic rings. The van der Waals surface area contributed by atoms with Gasteiger partial charge in [0.1, 0.15) is 5.69 Å². The van der Waals surface area contributed by atoms with Crippen LogP contribution in [0.1, 0.15) is 31.1 Å². The van der Waals surface area contributed by atoms with Crippen molar-refractivity contribution in [2.24, 2.45) is 0 Å². The molecular formula is C14H18N2O. The average molecular weight is 230 g/mol. The summed E-state index contributed by atoms with van der Waals surface area (Å²) in [4.78, 5) is 0. The summed E-state index contributed by atoms with van der Waals surface area (Å²) in [5.41, 5.74) is 3.61. The van der Waals surface area contributed by atoms with E-state index < -0.39 is 0 Å². The van der Waals surface area contributed by atoms with Gasteiger partial charge in [0.15, 0.2) is 5.75 Å². The molecule has 0 aliphatic carbocycles. The molecule has 0 saturated heterocycles. The molecule has 0 unspecified atom stereocenters. The van der Waals surface area contributed by atoms with E-state index in [0.29, 0.717) is 5.69 Å². The van der Waals surface area contributed by atoms with Crippen molar-refractivity contribution in [2.75, 3.05) is 0 Å². The van der Waals surface area contributed by atoms with E-state index in [4.69, 9.17) is 0 Å². The van der Waals surface area contributed by atoms with Gasteiger partial charge in [-0.1, -0.05) is 24.3 Å². The molecule has 0 spiro atoms. The Kier molecular flexibility index (Phi) is 2.92. The summed E-state index contributed by atoms with van der Waals surface area (Å²) < 4.78 is 1.86. The standard InChI is InChI=1S/C14H18N2O/c1-9(2)16-11(4)14(17)13(15-16)12-8-6-5-7-10(12)3/h5-9,17H,1-4H3. The van der Waals surface area contributed by atoms with E-state index in [0.717, 1.165) is 16.8 Å². The quantitative estimate of drug-likeness (QED) is 0.858. The van der Waals surface area contributed by atoms with Crippen molar-refractivity contribution < 1.29 is 5.11 Å². The van der Waals surface area contributed by atoms with Crippen LogP contribution in [0.15, 0.2) is 24.3 Å². The maximum atomic E-state index is 10.2. The summed E-state index contributed by atoms with van der Waals surface area (Å²) in [5, 5.41) is 14.7. The lowest BCUT2D eigenvalue weighted by Crippen LogP contribution is -2.04. The molecule has 3 heteroatoms. The van der Waals surface area contributed by atoms with Crippen LogP contribution in [0.5, 0.6) is 5.75 Å². The Bertz CT molecular complexity index is 541. The van der Waals surface area contributed by atoms with Crippen LogP contribution in [0.2, 0.25) is 0 Å². The van der Waals surface area contributed by atoms with Gasteiger partial charge in [-0.15, -0.1) is 0 Å². The van der Waals surface area contributed by atoms with Crippen LogP contribution in [0.3, 0.4) is 0 Å². The van der Waals surface area contributed by atoms with Gasteiger partial charge in [-0.2, -0.15) is 5.10 Å². The van der Waals surface area contributed by atoms with Crippen LogP contribution in [0, 0.1) is 13.8 Å². The smallest absolute Gasteiger partial charge is 0.164 e. The molecule has 0 aliphatic heterocycles. The maximum Gasteiger partial charge on any atom is 0.164 e. The molecule has 17 heavy (non-hydrogen) atoms. The van der Waals surface area contributed by atoms with Crippen LogP contribution < -0.4 is 0 Å². The minimum Gasteiger partial charge on any atom is -0.504 e. The molecule has 1 heterocycles. The van der Waals surface area contributed by atoms with E-state index in [1.807, 2.05) is 42.8 Å². The summed E-state index contributed by atoms with van der Waals surface area (Å²) in [5.74, 6) is 0.285. The molecule has 0 fully saturated rings. The lowest BCUT2D eigenvalue weighted by Gasteiger charge is -2.06. The van der Waals surface area contributed by atoms with Crippen LogP contribution in [0.4, 0.5) is 0 Å². The Morgan fingerprint density at radius 1 is 1.18 bits per heavy atom. The van der Waals surface area contributed by atoms with Crippen molar-refractivity contribution in [1.82, 2.24) is 9.78 Å². The summed E-state index contributed by atoms with van der Waals surface area (Å²) in [7, 11) is 0. The number of hydrogen-bond acceptors (Lipinski definition) is 2. The van der Waals surface area contributed by atoms with E-state index in [2.05, 4.69) is 18.9 Å². The SMILES string of the molecule is Cc1ccccc1-c1nn(C(C)C)c(C)c1O. The monoisotopic (exact) mass is 230 g/mol. The van der Waals surface area contributed by atoms with Gasteiger partial charge >= 0.3 is 0 Å². The van der Waals surface area contributed by atoms with Gasteiger partial charge in [0.2, 0.25) is 0 Å². The Balaban J connectivity index is 2.61. The summed E-state index contributed by atoms with van der Waals surface area (Å²) >= 11 is 0. The van der Waals surface area contributed by atoms with Gasteiger partial charge in [-0.25, -0.2) is 0 Å². The third kappa shape index (κ3) is 1.93. The fourth-order valence-electron chi connectivity index (χ4n) is 2.03. The average Bonchev–Trinajstić information content (AvgIpc) is 2.57. The summed E-state index contributed by atoms with van der Waals surface area (Å²) in [6.45, 7) is 8.03. The zero-order valence-corrected chi connectivity index (χ0v) is 10.7. The van der Waals surface area contributed by atoms with Gasteiger partial charge in [0, 0.05) is 11.6 Å². The molecular weight excluding hydrogens is 212 g/mol. The normalized spacial score (nSPS) is 11.1. The Labute approximate surface area is 102 Å². The van der Waals surface area contributed by atoms with Crippen molar-refractivity contribution in [3.05, 3.63) is 35.5 Å². The fourth-order valence-corrected chi connectivity index (χ4v) is 2.03. The van der Waals surface area contributed by atoms with E-state index in [1.165, 1.54) is 0 Å². The number of benzene rings is 1. The molecule has 0 saturated carbocycles. The second kappa shape index (κ2) is 4.24. The minimum atomic E-state index is 0.249. The number of nitrogens with zero attached hydrogens (tertiary/aromatic N) is 2. The van der Waals surface area contributed by atoms with E-state index >= 15 is 0 Å². The number of aryl methyl sites for hydroxylation is 1. The first-order chi connectivity index (χ1) is 8.02. The molecule has 90 valence electrons. The Morgan fingerprint density at radius 2 is 1.82 bits per heavy atom. The molecule has 0 amide bonds. The lowest BCUT2D eigenvalue weighted by molar-refractivity contribution is 0.461. The fraction of sp³-hybridized carbons (Fsp3) is 0.357. The topological polar surface area (TPSA) is 38.0 Å². The van der Waals surface area contributed by atoms with Crippen LogP contribution >= 0.6 is 0 Å². The van der Waals surface area contributed by atoms with Gasteiger partial charge in [-0.05, 0) is 33.3 Å². The minimum absolute atomic E-state index is 0.249. The number of rotatable bonds is 2. The highest BCUT2D eigenvalue weighted by Crippen LogP contribution is 2.33. The lowest BCUT2D eigenvalue weighted by atomic mass is 10.1. The third-order valence-corrected chi connectivity index (χ3v) is 3.01. The molecule has 0 atom stereocenters. The van der Waals surface area contributed by atoms with Crippen molar-refractivity contribution in [3.63, 3.8) is 0 Å². The Hall–Kier alpha value is -1.77. The Morgan fingerprint density at radius 3 is 2.35 bits per heavy atom. The van der Waals surface area contributed by atoms with Crippen molar-refractivity contribution >= 4 is 0 Å². The highest BCUT2D eigenvalue weighted by Gasteiger charge is 2.17.